The van der Waals surface area contributed by atoms with Crippen LogP contribution in [-0.4, -0.2) is 44.9 Å². The summed E-state index contributed by atoms with van der Waals surface area (Å²) in [4.78, 5) is 31.3. The number of hydrogen-bond donors (Lipinski definition) is 1. The van der Waals surface area contributed by atoms with Gasteiger partial charge in [-0.15, -0.1) is 0 Å². The first kappa shape index (κ1) is 23.5. The Balaban J connectivity index is 1.46. The average molecular weight is 503 g/mol. The molecule has 1 saturated carbocycles. The van der Waals surface area contributed by atoms with Crippen molar-refractivity contribution in [3.05, 3.63) is 58.5 Å². The molecule has 182 valence electrons. The third-order valence-corrected chi connectivity index (χ3v) is 6.95. The monoisotopic (exact) mass is 502 g/mol. The molecule has 0 spiro atoms. The van der Waals surface area contributed by atoms with E-state index in [2.05, 4.69) is 25.2 Å². The van der Waals surface area contributed by atoms with Gasteiger partial charge in [-0.25, -0.2) is 19.9 Å². The van der Waals surface area contributed by atoms with Crippen molar-refractivity contribution in [1.29, 1.82) is 0 Å². The number of nitrogens with zero attached hydrogens (tertiary/aromatic N) is 5. The maximum atomic E-state index is 13.0. The summed E-state index contributed by atoms with van der Waals surface area (Å²) in [6, 6.07) is 4.33. The van der Waals surface area contributed by atoms with Crippen molar-refractivity contribution in [3.8, 4) is 11.5 Å². The number of piperidine rings is 2. The lowest BCUT2D eigenvalue weighted by molar-refractivity contribution is -0.137. The number of nitrogens with one attached hydrogen (secondary N) is 1. The third-order valence-electron chi connectivity index (χ3n) is 6.66. The van der Waals surface area contributed by atoms with E-state index >= 15 is 0 Å². The van der Waals surface area contributed by atoms with Gasteiger partial charge in [-0.3, -0.25) is 4.79 Å². The number of carbonyl (C=O) groups is 1. The Morgan fingerprint density at radius 3 is 2.60 bits per heavy atom. The van der Waals surface area contributed by atoms with Crippen LogP contribution < -0.4 is 10.2 Å². The Morgan fingerprint density at radius 1 is 1.17 bits per heavy atom. The minimum absolute atomic E-state index is 0.0259. The number of rotatable bonds is 5. The zero-order valence-corrected chi connectivity index (χ0v) is 19.5. The fraction of sp³-hybridized carbons (Fsp3) is 0.375. The van der Waals surface area contributed by atoms with Crippen LogP contribution in [0.25, 0.3) is 11.5 Å². The summed E-state index contributed by atoms with van der Waals surface area (Å²) in [6.07, 6.45) is 3.02. The molecule has 2 bridgehead atoms. The molecule has 11 heteroatoms. The van der Waals surface area contributed by atoms with Crippen molar-refractivity contribution in [2.45, 2.75) is 44.4 Å². The molecule has 0 aromatic carbocycles. The predicted octanol–water partition coefficient (Wildman–Crippen LogP) is 5.20. The highest BCUT2D eigenvalue weighted by Gasteiger charge is 2.42. The van der Waals surface area contributed by atoms with Gasteiger partial charge in [0.1, 0.15) is 17.3 Å². The number of fused-ring (bicyclic) bond motifs is 3. The summed E-state index contributed by atoms with van der Waals surface area (Å²) in [5.41, 5.74) is 0.795. The van der Waals surface area contributed by atoms with Crippen LogP contribution in [0.3, 0.4) is 0 Å². The van der Waals surface area contributed by atoms with Gasteiger partial charge in [-0.05, 0) is 55.9 Å². The largest absolute Gasteiger partial charge is 0.417 e. The minimum atomic E-state index is -4.51. The normalized spacial score (nSPS) is 21.7. The van der Waals surface area contributed by atoms with Gasteiger partial charge in [0.25, 0.3) is 0 Å². The number of pyridine rings is 2. The van der Waals surface area contributed by atoms with E-state index in [1.54, 1.807) is 24.5 Å². The summed E-state index contributed by atoms with van der Waals surface area (Å²) in [5, 5.41) is 3.22. The maximum absolute atomic E-state index is 13.0. The van der Waals surface area contributed by atoms with Crippen LogP contribution in [0.15, 0.2) is 36.8 Å². The second-order valence-electron chi connectivity index (χ2n) is 8.96. The number of anilines is 2. The third kappa shape index (κ3) is 4.54. The van der Waals surface area contributed by atoms with Gasteiger partial charge in [0.05, 0.1) is 16.6 Å². The highest BCUT2D eigenvalue weighted by atomic mass is 35.5. The van der Waals surface area contributed by atoms with Crippen molar-refractivity contribution in [2.24, 2.45) is 5.92 Å². The standard InChI is InChI=1S/C24H22ClF3N6O/c1-13-7-15(12-35)20(22-29-5-2-6-30-22)33-23(13)34-11-14-3-4-19(34)18(8-14)32-21-17(25)9-16(10-31-21)24(26,27)28/h2,5-7,9-10,12,14,18-19H,3-4,8,11H2,1H3,(H,31,32)/t14-,18-,19+/m1/s1. The second kappa shape index (κ2) is 9.07. The van der Waals surface area contributed by atoms with Crippen LogP contribution in [0.5, 0.6) is 0 Å². The number of aryl methyl sites for hydroxylation is 1. The van der Waals surface area contributed by atoms with Crippen LogP contribution in [0.1, 0.15) is 40.7 Å². The predicted molar refractivity (Wildman–Crippen MR) is 126 cm³/mol. The van der Waals surface area contributed by atoms with Gasteiger partial charge < -0.3 is 10.2 Å². The van der Waals surface area contributed by atoms with E-state index in [0.29, 0.717) is 23.0 Å². The summed E-state index contributed by atoms with van der Waals surface area (Å²) in [7, 11) is 0. The van der Waals surface area contributed by atoms with Crippen molar-refractivity contribution >= 4 is 29.5 Å². The summed E-state index contributed by atoms with van der Waals surface area (Å²) in [5.74, 6) is 1.71. The van der Waals surface area contributed by atoms with Crippen LogP contribution in [0, 0.1) is 12.8 Å². The van der Waals surface area contributed by atoms with E-state index in [9.17, 15) is 18.0 Å². The Kier molecular flexibility index (Phi) is 6.08. The molecule has 1 N–H and O–H groups in total. The van der Waals surface area contributed by atoms with Gasteiger partial charge in [-0.2, -0.15) is 13.2 Å². The molecule has 6 rings (SSSR count). The first-order valence-corrected chi connectivity index (χ1v) is 11.6. The lowest BCUT2D eigenvalue weighted by atomic mass is 9.76. The Labute approximate surface area is 204 Å². The van der Waals surface area contributed by atoms with Gasteiger partial charge in [-0.1, -0.05) is 11.6 Å². The Hall–Kier alpha value is -3.27. The van der Waals surface area contributed by atoms with Crippen LogP contribution >= 0.6 is 11.6 Å². The number of alkyl halides is 3. The highest BCUT2D eigenvalue weighted by molar-refractivity contribution is 6.33. The van der Waals surface area contributed by atoms with Crippen molar-refractivity contribution < 1.29 is 18.0 Å². The zero-order valence-electron chi connectivity index (χ0n) is 18.8. The molecule has 3 aromatic heterocycles. The Bertz CT molecular complexity index is 1260. The molecule has 3 fully saturated rings. The molecule has 2 saturated heterocycles. The summed E-state index contributed by atoms with van der Waals surface area (Å²) in [6.45, 7) is 2.70. The first-order chi connectivity index (χ1) is 16.7. The van der Waals surface area contributed by atoms with Gasteiger partial charge >= 0.3 is 6.18 Å². The van der Waals surface area contributed by atoms with E-state index in [0.717, 1.165) is 55.7 Å². The quantitative estimate of drug-likeness (QED) is 0.480. The summed E-state index contributed by atoms with van der Waals surface area (Å²) >= 11 is 6.16. The van der Waals surface area contributed by atoms with Crippen molar-refractivity contribution in [2.75, 3.05) is 16.8 Å². The lowest BCUT2D eigenvalue weighted by Gasteiger charge is -2.51. The zero-order chi connectivity index (χ0) is 24.7. The van der Waals surface area contributed by atoms with E-state index in [1.807, 2.05) is 6.92 Å². The van der Waals surface area contributed by atoms with Gasteiger partial charge in [0, 0.05) is 36.7 Å². The van der Waals surface area contributed by atoms with Crippen molar-refractivity contribution in [1.82, 2.24) is 19.9 Å². The van der Waals surface area contributed by atoms with E-state index in [4.69, 9.17) is 16.6 Å². The molecule has 2 aliphatic heterocycles. The number of aromatic nitrogens is 4. The van der Waals surface area contributed by atoms with E-state index in [1.165, 1.54) is 0 Å². The van der Waals surface area contributed by atoms with E-state index < -0.39 is 11.7 Å². The topological polar surface area (TPSA) is 83.9 Å². The average Bonchev–Trinajstić information content (AvgIpc) is 2.85. The highest BCUT2D eigenvalue weighted by Crippen LogP contribution is 2.41. The molecule has 5 heterocycles. The van der Waals surface area contributed by atoms with Gasteiger partial charge in [0.2, 0.25) is 0 Å². The Morgan fingerprint density at radius 2 is 1.94 bits per heavy atom. The molecular weight excluding hydrogens is 481 g/mol. The second-order valence-corrected chi connectivity index (χ2v) is 9.37. The first-order valence-electron chi connectivity index (χ1n) is 11.2. The number of hydrogen-bond acceptors (Lipinski definition) is 7. The molecule has 0 amide bonds. The van der Waals surface area contributed by atoms with Crippen LogP contribution in [0.4, 0.5) is 24.8 Å². The number of carbonyl (C=O) groups excluding carboxylic acids is 1. The molecule has 0 unspecified atom stereocenters. The molecule has 3 atom stereocenters. The SMILES string of the molecule is Cc1cc(C=O)c(-c2ncccn2)nc1N1C[C@@H]2CC[C@H]1[C@H](Nc1ncc(C(F)(F)F)cc1Cl)C2. The molecule has 0 radical (unpaired) electrons. The fourth-order valence-corrected chi connectivity index (χ4v) is 5.29. The van der Waals surface area contributed by atoms with Crippen molar-refractivity contribution in [3.63, 3.8) is 0 Å². The van der Waals surface area contributed by atoms with Crippen LogP contribution in [0.2, 0.25) is 5.02 Å². The molecule has 3 aromatic rings. The summed E-state index contributed by atoms with van der Waals surface area (Å²) < 4.78 is 39.0. The minimum Gasteiger partial charge on any atom is -0.364 e. The number of halogens is 4. The maximum Gasteiger partial charge on any atom is 0.417 e. The molecule has 3 aliphatic rings. The smallest absolute Gasteiger partial charge is 0.364 e. The molecule has 35 heavy (non-hydrogen) atoms. The van der Waals surface area contributed by atoms with E-state index in [-0.39, 0.29) is 22.9 Å². The van der Waals surface area contributed by atoms with Crippen LogP contribution in [-0.2, 0) is 6.18 Å². The molecule has 7 nitrogen and oxygen atoms in total. The molecule has 1 aliphatic carbocycles. The number of aldehydes is 1. The molecular formula is C24H22ClF3N6O. The van der Waals surface area contributed by atoms with Gasteiger partial charge in [0.15, 0.2) is 12.1 Å². The fourth-order valence-electron chi connectivity index (χ4n) is 5.07. The lowest BCUT2D eigenvalue weighted by Crippen LogP contribution is -2.58.